The van der Waals surface area contributed by atoms with Crippen molar-refractivity contribution in [2.24, 2.45) is 5.92 Å². The van der Waals surface area contributed by atoms with Crippen molar-refractivity contribution >= 4 is 12.1 Å². The smallest absolute Gasteiger partial charge is 0.407 e. The highest BCUT2D eigenvalue weighted by atomic mass is 16.8. The third kappa shape index (κ3) is 3.70. The normalized spacial score (nSPS) is 33.2. The molecule has 4 atom stereocenters. The predicted octanol–water partition coefficient (Wildman–Crippen LogP) is 1.59. The van der Waals surface area contributed by atoms with Crippen LogP contribution in [0, 0.1) is 5.92 Å². The summed E-state index contributed by atoms with van der Waals surface area (Å²) in [7, 11) is 1.34. The van der Waals surface area contributed by atoms with E-state index >= 15 is 0 Å². The van der Waals surface area contributed by atoms with E-state index in [-0.39, 0.29) is 12.0 Å². The summed E-state index contributed by atoms with van der Waals surface area (Å²) in [6.07, 6.45) is -0.957. The molecule has 2 rings (SSSR count). The van der Waals surface area contributed by atoms with Gasteiger partial charge in [-0.05, 0) is 41.0 Å². The Morgan fingerprint density at radius 1 is 1.18 bits per heavy atom. The summed E-state index contributed by atoms with van der Waals surface area (Å²) in [6, 6.07) is -0.356. The van der Waals surface area contributed by atoms with Crippen molar-refractivity contribution < 1.29 is 28.5 Å². The average molecular weight is 315 g/mol. The van der Waals surface area contributed by atoms with E-state index in [1.54, 1.807) is 34.6 Å². The molecular formula is C15H25NO6. The molecule has 7 nitrogen and oxygen atoms in total. The quantitative estimate of drug-likeness (QED) is 0.779. The van der Waals surface area contributed by atoms with Crippen LogP contribution in [0.4, 0.5) is 4.79 Å². The van der Waals surface area contributed by atoms with Crippen LogP contribution in [-0.2, 0) is 23.7 Å². The number of carbonyl (C=O) groups is 2. The van der Waals surface area contributed by atoms with Gasteiger partial charge in [-0.15, -0.1) is 0 Å². The van der Waals surface area contributed by atoms with E-state index in [9.17, 15) is 9.59 Å². The number of fused-ring (bicyclic) bond motifs is 1. The lowest BCUT2D eigenvalue weighted by Gasteiger charge is -2.25. The molecule has 1 amide bonds. The minimum Gasteiger partial charge on any atom is -0.469 e. The van der Waals surface area contributed by atoms with Gasteiger partial charge in [-0.25, -0.2) is 4.79 Å². The molecule has 2 aliphatic rings. The van der Waals surface area contributed by atoms with Crippen LogP contribution in [-0.4, -0.2) is 48.8 Å². The molecule has 0 bridgehead atoms. The Morgan fingerprint density at radius 3 is 2.32 bits per heavy atom. The first-order valence-electron chi connectivity index (χ1n) is 7.45. The maximum atomic E-state index is 12.0. The third-order valence-corrected chi connectivity index (χ3v) is 3.67. The zero-order valence-corrected chi connectivity index (χ0v) is 14.0. The molecule has 1 saturated carbocycles. The number of esters is 1. The molecular weight excluding hydrogens is 290 g/mol. The number of ether oxygens (including phenoxy) is 4. The van der Waals surface area contributed by atoms with Crippen LogP contribution < -0.4 is 5.32 Å². The van der Waals surface area contributed by atoms with Crippen molar-refractivity contribution in [1.29, 1.82) is 0 Å². The van der Waals surface area contributed by atoms with Crippen molar-refractivity contribution in [2.45, 2.75) is 70.7 Å². The van der Waals surface area contributed by atoms with E-state index < -0.39 is 35.6 Å². The number of alkyl carbamates (subject to hydrolysis) is 1. The van der Waals surface area contributed by atoms with E-state index in [0.717, 1.165) is 0 Å². The van der Waals surface area contributed by atoms with Crippen molar-refractivity contribution in [3.63, 3.8) is 0 Å². The fourth-order valence-corrected chi connectivity index (χ4v) is 2.96. The van der Waals surface area contributed by atoms with Crippen LogP contribution in [0.25, 0.3) is 0 Å². The van der Waals surface area contributed by atoms with Gasteiger partial charge in [0.25, 0.3) is 0 Å². The van der Waals surface area contributed by atoms with Gasteiger partial charge in [-0.3, -0.25) is 4.79 Å². The van der Waals surface area contributed by atoms with Gasteiger partial charge in [0.2, 0.25) is 0 Å². The Kier molecular flexibility index (Phi) is 4.41. The number of hydrogen-bond acceptors (Lipinski definition) is 6. The zero-order valence-electron chi connectivity index (χ0n) is 14.0. The molecule has 2 fully saturated rings. The lowest BCUT2D eigenvalue weighted by atomic mass is 10.1. The summed E-state index contributed by atoms with van der Waals surface area (Å²) >= 11 is 0. The summed E-state index contributed by atoms with van der Waals surface area (Å²) in [6.45, 7) is 8.94. The highest BCUT2D eigenvalue weighted by molar-refractivity contribution is 5.74. The van der Waals surface area contributed by atoms with E-state index in [0.29, 0.717) is 6.42 Å². The number of hydrogen-bond donors (Lipinski definition) is 1. The van der Waals surface area contributed by atoms with Gasteiger partial charge >= 0.3 is 12.1 Å². The standard InChI is InChI=1S/C15H25NO6/c1-14(2,3)22-13(18)16-9-7-8(12(17)19-6)10-11(9)21-15(4,5)20-10/h8-11H,7H2,1-6H3,(H,16,18)/t8-,9+,10+,11-/m0/s1. The molecule has 1 heterocycles. The topological polar surface area (TPSA) is 83.1 Å². The van der Waals surface area contributed by atoms with Gasteiger partial charge in [-0.2, -0.15) is 0 Å². The predicted molar refractivity (Wildman–Crippen MR) is 77.1 cm³/mol. The van der Waals surface area contributed by atoms with Crippen LogP contribution in [0.15, 0.2) is 0 Å². The Labute approximate surface area is 130 Å². The number of amides is 1. The largest absolute Gasteiger partial charge is 0.469 e. The van der Waals surface area contributed by atoms with Crippen LogP contribution in [0.5, 0.6) is 0 Å². The van der Waals surface area contributed by atoms with E-state index in [1.807, 2.05) is 0 Å². The SMILES string of the molecule is COC(=O)[C@H]1C[C@@H](NC(=O)OC(C)(C)C)[C@@H]2OC(C)(C)O[C@@H]21. The van der Waals surface area contributed by atoms with E-state index in [4.69, 9.17) is 18.9 Å². The average Bonchev–Trinajstić information content (AvgIpc) is 2.81. The molecule has 0 spiro atoms. The minimum absolute atomic E-state index is 0.356. The Hall–Kier alpha value is -1.34. The third-order valence-electron chi connectivity index (χ3n) is 3.67. The highest BCUT2D eigenvalue weighted by Crippen LogP contribution is 2.42. The Balaban J connectivity index is 2.09. The molecule has 0 aromatic rings. The number of carbonyl (C=O) groups excluding carboxylic acids is 2. The van der Waals surface area contributed by atoms with E-state index in [2.05, 4.69) is 5.32 Å². The Morgan fingerprint density at radius 2 is 1.77 bits per heavy atom. The van der Waals surface area contributed by atoms with Crippen LogP contribution in [0.2, 0.25) is 0 Å². The second-order valence-electron chi connectivity index (χ2n) is 7.18. The van der Waals surface area contributed by atoms with Gasteiger partial charge in [0.15, 0.2) is 5.79 Å². The van der Waals surface area contributed by atoms with Gasteiger partial charge < -0.3 is 24.3 Å². The first-order valence-corrected chi connectivity index (χ1v) is 7.45. The van der Waals surface area contributed by atoms with Gasteiger partial charge in [-0.1, -0.05) is 0 Å². The summed E-state index contributed by atoms with van der Waals surface area (Å²) in [5.41, 5.74) is -0.587. The van der Waals surface area contributed by atoms with Crippen molar-refractivity contribution in [3.05, 3.63) is 0 Å². The first-order chi connectivity index (χ1) is 10.0. The van der Waals surface area contributed by atoms with Gasteiger partial charge in [0.1, 0.15) is 17.8 Å². The van der Waals surface area contributed by atoms with Crippen LogP contribution in [0.3, 0.4) is 0 Å². The summed E-state index contributed by atoms with van der Waals surface area (Å²) in [5, 5.41) is 2.78. The fourth-order valence-electron chi connectivity index (χ4n) is 2.96. The number of rotatable bonds is 2. The van der Waals surface area contributed by atoms with Gasteiger partial charge in [0, 0.05) is 0 Å². The number of methoxy groups -OCH3 is 1. The lowest BCUT2D eigenvalue weighted by Crippen LogP contribution is -2.45. The van der Waals surface area contributed by atoms with Crippen LogP contribution in [0.1, 0.15) is 41.0 Å². The first kappa shape index (κ1) is 17.0. The molecule has 22 heavy (non-hydrogen) atoms. The molecule has 1 aliphatic heterocycles. The van der Waals surface area contributed by atoms with Crippen molar-refractivity contribution in [1.82, 2.24) is 5.32 Å². The van der Waals surface area contributed by atoms with Crippen LogP contribution >= 0.6 is 0 Å². The molecule has 1 aliphatic carbocycles. The molecule has 0 unspecified atom stereocenters. The highest BCUT2D eigenvalue weighted by Gasteiger charge is 2.57. The lowest BCUT2D eigenvalue weighted by molar-refractivity contribution is -0.168. The molecule has 0 aromatic carbocycles. The summed E-state index contributed by atoms with van der Waals surface area (Å²) < 4.78 is 21.7. The second kappa shape index (κ2) is 5.70. The maximum Gasteiger partial charge on any atom is 0.407 e. The molecule has 1 N–H and O–H groups in total. The summed E-state index contributed by atoms with van der Waals surface area (Å²) in [4.78, 5) is 23.9. The maximum absolute atomic E-state index is 12.0. The van der Waals surface area contributed by atoms with Crippen molar-refractivity contribution in [2.75, 3.05) is 7.11 Å². The zero-order chi connectivity index (χ0) is 16.7. The molecule has 0 aromatic heterocycles. The van der Waals surface area contributed by atoms with Gasteiger partial charge in [0.05, 0.1) is 19.1 Å². The molecule has 7 heteroatoms. The Bertz CT molecular complexity index is 455. The second-order valence-corrected chi connectivity index (χ2v) is 7.18. The molecule has 0 radical (unpaired) electrons. The minimum atomic E-state index is -0.796. The molecule has 126 valence electrons. The molecule has 1 saturated heterocycles. The van der Waals surface area contributed by atoms with Crippen molar-refractivity contribution in [3.8, 4) is 0 Å². The number of nitrogens with one attached hydrogen (secondary N) is 1. The monoisotopic (exact) mass is 315 g/mol. The fraction of sp³-hybridized carbons (Fsp3) is 0.867. The summed E-state index contributed by atoms with van der Waals surface area (Å²) in [5.74, 6) is -1.61. The van der Waals surface area contributed by atoms with E-state index in [1.165, 1.54) is 7.11 Å².